The van der Waals surface area contributed by atoms with Crippen molar-refractivity contribution >= 4 is 46.5 Å². The van der Waals surface area contributed by atoms with Gasteiger partial charge < -0.3 is 20.7 Å². The van der Waals surface area contributed by atoms with Gasteiger partial charge in [-0.15, -0.1) is 11.8 Å². The van der Waals surface area contributed by atoms with Gasteiger partial charge in [-0.1, -0.05) is 0 Å². The maximum atomic E-state index is 12.6. The average Bonchev–Trinajstić information content (AvgIpc) is 2.63. The fraction of sp³-hybridized carbons (Fsp3) is 0.250. The largest absolute Gasteiger partial charge is 0.497 e. The van der Waals surface area contributed by atoms with E-state index in [1.807, 2.05) is 12.1 Å². The van der Waals surface area contributed by atoms with Crippen LogP contribution < -0.4 is 20.7 Å². The van der Waals surface area contributed by atoms with Crippen LogP contribution in [-0.4, -0.2) is 30.1 Å². The Morgan fingerprint density at radius 2 is 1.54 bits per heavy atom. The second kappa shape index (κ2) is 9.80. The minimum atomic E-state index is -0.386. The van der Waals surface area contributed by atoms with E-state index in [-0.39, 0.29) is 23.0 Å². The number of carbonyl (C=O) groups excluding carboxylic acids is 3. The number of nitrogens with one attached hydrogen (secondary N) is 3. The van der Waals surface area contributed by atoms with Gasteiger partial charge in [0.15, 0.2) is 0 Å². The van der Waals surface area contributed by atoms with Crippen molar-refractivity contribution in [2.24, 2.45) is 0 Å². The predicted molar refractivity (Wildman–Crippen MR) is 112 cm³/mol. The fourth-order valence-electron chi connectivity index (χ4n) is 2.36. The molecule has 0 spiro atoms. The summed E-state index contributed by atoms with van der Waals surface area (Å²) in [6.45, 7) is 4.64. The summed E-state index contributed by atoms with van der Waals surface area (Å²) < 4.78 is 5.19. The highest BCUT2D eigenvalue weighted by Crippen LogP contribution is 2.30. The first-order chi connectivity index (χ1) is 13.3. The van der Waals surface area contributed by atoms with Crippen molar-refractivity contribution in [1.29, 1.82) is 0 Å². The number of methoxy groups -OCH3 is 1. The third kappa shape index (κ3) is 6.31. The Bertz CT molecular complexity index is 868. The second-order valence-corrected chi connectivity index (χ2v) is 7.46. The molecule has 0 bridgehead atoms. The molecule has 0 aliphatic rings. The van der Waals surface area contributed by atoms with Crippen LogP contribution in [-0.2, 0) is 14.4 Å². The van der Waals surface area contributed by atoms with Gasteiger partial charge in [0.05, 0.1) is 23.7 Å². The molecular weight excluding hydrogens is 378 g/mol. The lowest BCUT2D eigenvalue weighted by molar-refractivity contribution is -0.116. The summed E-state index contributed by atoms with van der Waals surface area (Å²) >= 11 is 1.38. The van der Waals surface area contributed by atoms with E-state index in [1.165, 1.54) is 32.7 Å². The molecule has 7 nitrogen and oxygen atoms in total. The van der Waals surface area contributed by atoms with Crippen molar-refractivity contribution in [3.8, 4) is 5.75 Å². The van der Waals surface area contributed by atoms with Crippen molar-refractivity contribution in [3.63, 3.8) is 0 Å². The summed E-state index contributed by atoms with van der Waals surface area (Å²) in [6, 6.07) is 12.3. The molecule has 3 N–H and O–H groups in total. The van der Waals surface area contributed by atoms with Crippen LogP contribution in [0.1, 0.15) is 20.8 Å². The molecule has 1 atom stereocenters. The van der Waals surface area contributed by atoms with E-state index in [4.69, 9.17) is 4.74 Å². The van der Waals surface area contributed by atoms with E-state index in [9.17, 15) is 14.4 Å². The third-order valence-electron chi connectivity index (χ3n) is 3.65. The molecule has 0 radical (unpaired) electrons. The Morgan fingerprint density at radius 1 is 0.893 bits per heavy atom. The van der Waals surface area contributed by atoms with E-state index < -0.39 is 0 Å². The lowest BCUT2D eigenvalue weighted by Gasteiger charge is -2.16. The normalized spacial score (nSPS) is 11.3. The topological polar surface area (TPSA) is 96.5 Å². The highest BCUT2D eigenvalue weighted by atomic mass is 32.2. The van der Waals surface area contributed by atoms with E-state index >= 15 is 0 Å². The van der Waals surface area contributed by atoms with Gasteiger partial charge in [-0.25, -0.2) is 0 Å². The smallest absolute Gasteiger partial charge is 0.237 e. The Labute approximate surface area is 168 Å². The number of ether oxygens (including phenoxy) is 1. The van der Waals surface area contributed by atoms with Gasteiger partial charge in [-0.2, -0.15) is 0 Å². The molecule has 2 aromatic rings. The number of hydrogen-bond donors (Lipinski definition) is 3. The maximum absolute atomic E-state index is 12.6. The van der Waals surface area contributed by atoms with Crippen LogP contribution >= 0.6 is 11.8 Å². The molecule has 28 heavy (non-hydrogen) atoms. The SMILES string of the molecule is COc1ccc(NC(C)=O)c(NC(=O)C(C)Sc2ccc(NC(C)=O)cc2)c1. The van der Waals surface area contributed by atoms with Crippen molar-refractivity contribution < 1.29 is 19.1 Å². The lowest BCUT2D eigenvalue weighted by Crippen LogP contribution is -2.23. The summed E-state index contributed by atoms with van der Waals surface area (Å²) in [4.78, 5) is 36.0. The highest BCUT2D eigenvalue weighted by molar-refractivity contribution is 8.00. The van der Waals surface area contributed by atoms with Crippen molar-refractivity contribution in [2.45, 2.75) is 30.9 Å². The standard InChI is InChI=1S/C20H23N3O4S/c1-12(28-17-8-5-15(6-9-17)21-13(2)24)20(26)23-19-11-16(27-4)7-10-18(19)22-14(3)25/h5-12H,1-4H3,(H,21,24)(H,22,25)(H,23,26). The van der Waals surface area contributed by atoms with Crippen molar-refractivity contribution in [3.05, 3.63) is 42.5 Å². The van der Waals surface area contributed by atoms with Gasteiger partial charge in [-0.3, -0.25) is 14.4 Å². The van der Waals surface area contributed by atoms with Gasteiger partial charge in [-0.05, 0) is 43.3 Å². The summed E-state index contributed by atoms with van der Waals surface area (Å²) in [6.07, 6.45) is 0. The Morgan fingerprint density at radius 3 is 2.11 bits per heavy atom. The highest BCUT2D eigenvalue weighted by Gasteiger charge is 2.17. The molecular formula is C20H23N3O4S. The number of amides is 3. The average molecular weight is 401 g/mol. The lowest BCUT2D eigenvalue weighted by atomic mass is 10.2. The van der Waals surface area contributed by atoms with Crippen molar-refractivity contribution in [2.75, 3.05) is 23.1 Å². The molecule has 8 heteroatoms. The van der Waals surface area contributed by atoms with Crippen LogP contribution in [0.3, 0.4) is 0 Å². The molecule has 0 aliphatic heterocycles. The molecule has 3 amide bonds. The van der Waals surface area contributed by atoms with Gasteiger partial charge in [0.25, 0.3) is 0 Å². The Balaban J connectivity index is 2.07. The van der Waals surface area contributed by atoms with E-state index in [2.05, 4.69) is 16.0 Å². The summed E-state index contributed by atoms with van der Waals surface area (Å²) in [5.41, 5.74) is 1.66. The van der Waals surface area contributed by atoms with E-state index in [0.717, 1.165) is 4.90 Å². The fourth-order valence-corrected chi connectivity index (χ4v) is 3.23. The molecule has 0 fully saturated rings. The number of benzene rings is 2. The van der Waals surface area contributed by atoms with Crippen LogP contribution in [0, 0.1) is 0 Å². The third-order valence-corrected chi connectivity index (χ3v) is 4.76. The Kier molecular flexibility index (Phi) is 7.45. The molecule has 2 aromatic carbocycles. The molecule has 1 unspecified atom stereocenters. The quantitative estimate of drug-likeness (QED) is 0.614. The molecule has 0 saturated heterocycles. The first kappa shape index (κ1) is 21.3. The van der Waals surface area contributed by atoms with Crippen LogP contribution in [0.5, 0.6) is 5.75 Å². The summed E-state index contributed by atoms with van der Waals surface area (Å²) in [5.74, 6) is -0.0159. The maximum Gasteiger partial charge on any atom is 0.237 e. The predicted octanol–water partition coefficient (Wildman–Crippen LogP) is 3.73. The minimum Gasteiger partial charge on any atom is -0.497 e. The summed E-state index contributed by atoms with van der Waals surface area (Å²) in [7, 11) is 1.53. The number of thioether (sulfide) groups is 1. The van der Waals surface area contributed by atoms with Gasteiger partial charge in [0, 0.05) is 30.5 Å². The first-order valence-electron chi connectivity index (χ1n) is 8.59. The zero-order valence-corrected chi connectivity index (χ0v) is 17.0. The molecule has 148 valence electrons. The number of rotatable bonds is 7. The monoisotopic (exact) mass is 401 g/mol. The van der Waals surface area contributed by atoms with Crippen LogP contribution in [0.2, 0.25) is 0 Å². The number of hydrogen-bond acceptors (Lipinski definition) is 5. The van der Waals surface area contributed by atoms with Gasteiger partial charge in [0.1, 0.15) is 5.75 Å². The molecule has 0 aromatic heterocycles. The summed E-state index contributed by atoms with van der Waals surface area (Å²) in [5, 5.41) is 7.84. The van der Waals surface area contributed by atoms with Crippen LogP contribution in [0.4, 0.5) is 17.1 Å². The van der Waals surface area contributed by atoms with Crippen LogP contribution in [0.15, 0.2) is 47.4 Å². The molecule has 0 heterocycles. The number of anilines is 3. The van der Waals surface area contributed by atoms with E-state index in [0.29, 0.717) is 22.8 Å². The zero-order chi connectivity index (χ0) is 20.7. The first-order valence-corrected chi connectivity index (χ1v) is 9.47. The zero-order valence-electron chi connectivity index (χ0n) is 16.2. The van der Waals surface area contributed by atoms with Gasteiger partial charge in [0.2, 0.25) is 17.7 Å². The Hall–Kier alpha value is -3.00. The second-order valence-electron chi connectivity index (χ2n) is 6.05. The minimum absolute atomic E-state index is 0.138. The number of carbonyl (C=O) groups is 3. The molecule has 0 aliphatic carbocycles. The van der Waals surface area contributed by atoms with Crippen molar-refractivity contribution in [1.82, 2.24) is 0 Å². The molecule has 2 rings (SSSR count). The molecule has 0 saturated carbocycles. The van der Waals surface area contributed by atoms with Crippen LogP contribution in [0.25, 0.3) is 0 Å². The van der Waals surface area contributed by atoms with E-state index in [1.54, 1.807) is 37.3 Å². The van der Waals surface area contributed by atoms with Gasteiger partial charge >= 0.3 is 0 Å².